The van der Waals surface area contributed by atoms with E-state index in [9.17, 15) is 4.79 Å². The normalized spacial score (nSPS) is 19.8. The van der Waals surface area contributed by atoms with Crippen molar-refractivity contribution in [2.24, 2.45) is 11.7 Å². The fourth-order valence-corrected chi connectivity index (χ4v) is 3.31. The molecule has 1 saturated heterocycles. The second kappa shape index (κ2) is 7.53. The van der Waals surface area contributed by atoms with Crippen molar-refractivity contribution in [2.45, 2.75) is 32.4 Å². The van der Waals surface area contributed by atoms with Crippen LogP contribution in [0, 0.1) is 5.92 Å². The summed E-state index contributed by atoms with van der Waals surface area (Å²) < 4.78 is 5.44. The Morgan fingerprint density at radius 1 is 1.42 bits per heavy atom. The zero-order valence-corrected chi connectivity index (χ0v) is 14.1. The van der Waals surface area contributed by atoms with Gasteiger partial charge in [0, 0.05) is 18.8 Å². The summed E-state index contributed by atoms with van der Waals surface area (Å²) in [4.78, 5) is 13.7. The highest BCUT2D eigenvalue weighted by atomic mass is 16.3. The summed E-state index contributed by atoms with van der Waals surface area (Å²) >= 11 is 0. The first-order chi connectivity index (χ1) is 11.6. The number of carbonyl (C=O) groups excluding carboxylic acids is 1. The molecule has 0 spiro atoms. The average Bonchev–Trinajstić information content (AvgIpc) is 3.10. The zero-order chi connectivity index (χ0) is 16.9. The average molecular weight is 327 g/mol. The van der Waals surface area contributed by atoms with Crippen molar-refractivity contribution in [1.82, 2.24) is 4.90 Å². The van der Waals surface area contributed by atoms with E-state index in [2.05, 4.69) is 41.4 Å². The minimum Gasteiger partial charge on any atom is -0.467 e. The Morgan fingerprint density at radius 3 is 3.04 bits per heavy atom. The smallest absolute Gasteiger partial charge is 0.221 e. The number of rotatable bonds is 6. The number of piperidine rings is 1. The van der Waals surface area contributed by atoms with Gasteiger partial charge in [0.25, 0.3) is 0 Å². The molecule has 0 aliphatic carbocycles. The molecule has 0 radical (unpaired) electrons. The number of nitrogens with zero attached hydrogens (tertiary/aromatic N) is 1. The number of benzene rings is 1. The van der Waals surface area contributed by atoms with Crippen molar-refractivity contribution in [3.05, 3.63) is 54.0 Å². The van der Waals surface area contributed by atoms with Gasteiger partial charge in [-0.2, -0.15) is 0 Å². The largest absolute Gasteiger partial charge is 0.467 e. The van der Waals surface area contributed by atoms with Gasteiger partial charge < -0.3 is 15.5 Å². The molecule has 0 saturated carbocycles. The maximum Gasteiger partial charge on any atom is 0.221 e. The lowest BCUT2D eigenvalue weighted by Crippen LogP contribution is -2.40. The number of hydrogen-bond acceptors (Lipinski definition) is 4. The quantitative estimate of drug-likeness (QED) is 0.855. The van der Waals surface area contributed by atoms with E-state index in [-0.39, 0.29) is 17.9 Å². The van der Waals surface area contributed by atoms with Crippen LogP contribution in [0.5, 0.6) is 0 Å². The van der Waals surface area contributed by atoms with Crippen LogP contribution in [0.25, 0.3) is 0 Å². The molecule has 1 aliphatic rings. The van der Waals surface area contributed by atoms with Crippen molar-refractivity contribution in [3.8, 4) is 0 Å². The van der Waals surface area contributed by atoms with Crippen LogP contribution < -0.4 is 11.1 Å². The number of nitrogens with one attached hydrogen (secondary N) is 1. The number of primary amides is 1. The Balaban J connectivity index is 1.61. The van der Waals surface area contributed by atoms with Crippen LogP contribution in [0.4, 0.5) is 5.69 Å². The molecule has 0 bridgehead atoms. The zero-order valence-electron chi connectivity index (χ0n) is 14.1. The third-order valence-electron chi connectivity index (χ3n) is 4.59. The molecule has 24 heavy (non-hydrogen) atoms. The van der Waals surface area contributed by atoms with Gasteiger partial charge in [-0.15, -0.1) is 0 Å². The summed E-state index contributed by atoms with van der Waals surface area (Å²) in [5.41, 5.74) is 7.77. The Kier molecular flexibility index (Phi) is 5.20. The number of anilines is 1. The highest BCUT2D eigenvalue weighted by molar-refractivity contribution is 5.76. The van der Waals surface area contributed by atoms with Crippen LogP contribution in [-0.2, 0) is 11.3 Å². The first-order valence-electron chi connectivity index (χ1n) is 8.52. The molecule has 2 atom stereocenters. The summed E-state index contributed by atoms with van der Waals surface area (Å²) in [6, 6.07) is 12.4. The SMILES string of the molecule is C[C@@H](Nc1cccc(CN2CCC[C@H](C(N)=O)C2)c1)c1ccco1. The molecule has 5 heteroatoms. The summed E-state index contributed by atoms with van der Waals surface area (Å²) in [5.74, 6) is 0.724. The third-order valence-corrected chi connectivity index (χ3v) is 4.59. The van der Waals surface area contributed by atoms with Crippen LogP contribution in [0.3, 0.4) is 0 Å². The summed E-state index contributed by atoms with van der Waals surface area (Å²) in [7, 11) is 0. The predicted octanol–water partition coefficient (Wildman–Crippen LogP) is 3.15. The fourth-order valence-electron chi connectivity index (χ4n) is 3.31. The van der Waals surface area contributed by atoms with E-state index in [1.165, 1.54) is 5.56 Å². The lowest BCUT2D eigenvalue weighted by molar-refractivity contribution is -0.123. The topological polar surface area (TPSA) is 71.5 Å². The van der Waals surface area contributed by atoms with Gasteiger partial charge in [-0.05, 0) is 56.1 Å². The van der Waals surface area contributed by atoms with E-state index in [1.807, 2.05) is 12.1 Å². The second-order valence-corrected chi connectivity index (χ2v) is 6.56. The molecule has 1 aliphatic heterocycles. The van der Waals surface area contributed by atoms with Gasteiger partial charge in [-0.1, -0.05) is 12.1 Å². The van der Waals surface area contributed by atoms with E-state index in [0.29, 0.717) is 0 Å². The number of nitrogens with two attached hydrogens (primary N) is 1. The van der Waals surface area contributed by atoms with Crippen LogP contribution in [-0.4, -0.2) is 23.9 Å². The summed E-state index contributed by atoms with van der Waals surface area (Å²) in [6.45, 7) is 4.70. The second-order valence-electron chi connectivity index (χ2n) is 6.56. The molecular weight excluding hydrogens is 302 g/mol. The Morgan fingerprint density at radius 2 is 2.29 bits per heavy atom. The maximum atomic E-state index is 11.4. The Labute approximate surface area is 142 Å². The Bertz CT molecular complexity index is 669. The molecule has 1 aromatic heterocycles. The van der Waals surface area contributed by atoms with Gasteiger partial charge in [0.1, 0.15) is 5.76 Å². The van der Waals surface area contributed by atoms with Crippen molar-refractivity contribution in [3.63, 3.8) is 0 Å². The highest BCUT2D eigenvalue weighted by Gasteiger charge is 2.23. The number of furan rings is 1. The summed E-state index contributed by atoms with van der Waals surface area (Å²) in [5, 5.41) is 3.46. The minimum atomic E-state index is -0.178. The lowest BCUT2D eigenvalue weighted by Gasteiger charge is -2.31. The lowest BCUT2D eigenvalue weighted by atomic mass is 9.97. The third kappa shape index (κ3) is 4.17. The molecular formula is C19H25N3O2. The minimum absolute atomic E-state index is 0.0148. The van der Waals surface area contributed by atoms with Gasteiger partial charge in [-0.3, -0.25) is 9.69 Å². The van der Waals surface area contributed by atoms with Crippen LogP contribution in [0.1, 0.15) is 37.1 Å². The van der Waals surface area contributed by atoms with E-state index >= 15 is 0 Å². The van der Waals surface area contributed by atoms with Gasteiger partial charge in [0.15, 0.2) is 0 Å². The Hall–Kier alpha value is -2.27. The standard InChI is InChI=1S/C19H25N3O2/c1-14(18-8-4-10-24-18)21-17-7-2-5-15(11-17)12-22-9-3-6-16(13-22)19(20)23/h2,4-5,7-8,10-11,14,16,21H,3,6,9,12-13H2,1H3,(H2,20,23)/t14-,16+/m1/s1. The maximum absolute atomic E-state index is 11.4. The van der Waals surface area contributed by atoms with Crippen LogP contribution in [0.15, 0.2) is 47.1 Å². The van der Waals surface area contributed by atoms with Crippen molar-refractivity contribution >= 4 is 11.6 Å². The molecule has 5 nitrogen and oxygen atoms in total. The number of hydrogen-bond donors (Lipinski definition) is 2. The van der Waals surface area contributed by atoms with E-state index in [4.69, 9.17) is 10.2 Å². The number of amides is 1. The van der Waals surface area contributed by atoms with Gasteiger partial charge >= 0.3 is 0 Å². The molecule has 1 fully saturated rings. The van der Waals surface area contributed by atoms with E-state index in [0.717, 1.165) is 43.9 Å². The van der Waals surface area contributed by atoms with E-state index in [1.54, 1.807) is 6.26 Å². The first-order valence-corrected chi connectivity index (χ1v) is 8.52. The summed E-state index contributed by atoms with van der Waals surface area (Å²) in [6.07, 6.45) is 3.63. The first kappa shape index (κ1) is 16.6. The van der Waals surface area contributed by atoms with Gasteiger partial charge in [0.2, 0.25) is 5.91 Å². The fraction of sp³-hybridized carbons (Fsp3) is 0.421. The van der Waals surface area contributed by atoms with E-state index < -0.39 is 0 Å². The van der Waals surface area contributed by atoms with Crippen molar-refractivity contribution in [1.29, 1.82) is 0 Å². The van der Waals surface area contributed by atoms with Crippen molar-refractivity contribution < 1.29 is 9.21 Å². The molecule has 3 rings (SSSR count). The monoisotopic (exact) mass is 327 g/mol. The highest BCUT2D eigenvalue weighted by Crippen LogP contribution is 2.22. The molecule has 2 heterocycles. The molecule has 3 N–H and O–H groups in total. The molecule has 2 aromatic rings. The number of likely N-dealkylation sites (tertiary alicyclic amines) is 1. The van der Waals surface area contributed by atoms with Crippen LogP contribution in [0.2, 0.25) is 0 Å². The van der Waals surface area contributed by atoms with Crippen LogP contribution >= 0.6 is 0 Å². The van der Waals surface area contributed by atoms with Gasteiger partial charge in [0.05, 0.1) is 18.2 Å². The van der Waals surface area contributed by atoms with Gasteiger partial charge in [-0.25, -0.2) is 0 Å². The van der Waals surface area contributed by atoms with Crippen molar-refractivity contribution in [2.75, 3.05) is 18.4 Å². The molecule has 128 valence electrons. The predicted molar refractivity (Wildman–Crippen MR) is 94.4 cm³/mol. The molecule has 0 unspecified atom stereocenters. The molecule has 1 amide bonds. The number of carbonyl (C=O) groups is 1. The molecule has 1 aromatic carbocycles.